The van der Waals surface area contributed by atoms with Gasteiger partial charge in [0.25, 0.3) is 0 Å². The van der Waals surface area contributed by atoms with Crippen LogP contribution in [0.25, 0.3) is 0 Å². The van der Waals surface area contributed by atoms with Crippen LogP contribution in [-0.2, 0) is 9.53 Å². The lowest BCUT2D eigenvalue weighted by atomic mass is 10.1. The van der Waals surface area contributed by atoms with E-state index in [-0.39, 0.29) is 12.1 Å². The van der Waals surface area contributed by atoms with Gasteiger partial charge in [0, 0.05) is 19.1 Å². The Balaban J connectivity index is 2.02. The molecule has 0 saturated carbocycles. The molecule has 1 N–H and O–H groups in total. The van der Waals surface area contributed by atoms with Crippen LogP contribution < -0.4 is 4.74 Å². The molecule has 1 aliphatic rings. The molecule has 2 rings (SSSR count). The molecule has 2 atom stereocenters. The third kappa shape index (κ3) is 4.19. The molecular formula is C16H23NO4. The fourth-order valence-electron chi connectivity index (χ4n) is 2.48. The predicted molar refractivity (Wildman–Crippen MR) is 79.6 cm³/mol. The van der Waals surface area contributed by atoms with E-state index < -0.39 is 12.1 Å². The molecule has 1 fully saturated rings. The number of carboxylic acids is 1. The number of rotatable bonds is 5. The SMILES string of the molecule is CC(C)Oc1ccc(C(C)N2CCOC(C(=O)O)C2)cc1. The summed E-state index contributed by atoms with van der Waals surface area (Å²) in [6.45, 7) is 7.70. The van der Waals surface area contributed by atoms with Gasteiger partial charge in [-0.1, -0.05) is 12.1 Å². The van der Waals surface area contributed by atoms with Crippen molar-refractivity contribution in [2.24, 2.45) is 0 Å². The highest BCUT2D eigenvalue weighted by Gasteiger charge is 2.29. The first kappa shape index (κ1) is 15.8. The average Bonchev–Trinajstić information content (AvgIpc) is 2.47. The zero-order valence-electron chi connectivity index (χ0n) is 12.8. The van der Waals surface area contributed by atoms with Crippen molar-refractivity contribution in [2.45, 2.75) is 39.0 Å². The maximum Gasteiger partial charge on any atom is 0.334 e. The molecule has 21 heavy (non-hydrogen) atoms. The maximum atomic E-state index is 11.0. The van der Waals surface area contributed by atoms with Crippen LogP contribution in [-0.4, -0.2) is 47.9 Å². The highest BCUT2D eigenvalue weighted by molar-refractivity contribution is 5.72. The van der Waals surface area contributed by atoms with E-state index in [1.807, 2.05) is 38.1 Å². The lowest BCUT2D eigenvalue weighted by Crippen LogP contribution is -2.46. The first-order chi connectivity index (χ1) is 9.97. The summed E-state index contributed by atoms with van der Waals surface area (Å²) in [7, 11) is 0. The molecule has 0 aliphatic carbocycles. The Morgan fingerprint density at radius 2 is 2.00 bits per heavy atom. The Morgan fingerprint density at radius 1 is 1.33 bits per heavy atom. The van der Waals surface area contributed by atoms with Crippen molar-refractivity contribution in [2.75, 3.05) is 19.7 Å². The number of hydrogen-bond acceptors (Lipinski definition) is 4. The molecule has 5 nitrogen and oxygen atoms in total. The highest BCUT2D eigenvalue weighted by Crippen LogP contribution is 2.25. The Hall–Kier alpha value is -1.59. The van der Waals surface area contributed by atoms with E-state index >= 15 is 0 Å². The number of benzene rings is 1. The normalized spacial score (nSPS) is 21.2. The van der Waals surface area contributed by atoms with E-state index in [1.165, 1.54) is 0 Å². The Morgan fingerprint density at radius 3 is 2.57 bits per heavy atom. The van der Waals surface area contributed by atoms with Gasteiger partial charge in [0.15, 0.2) is 6.10 Å². The minimum Gasteiger partial charge on any atom is -0.491 e. The average molecular weight is 293 g/mol. The highest BCUT2D eigenvalue weighted by atomic mass is 16.5. The molecule has 0 radical (unpaired) electrons. The number of aliphatic carboxylic acids is 1. The predicted octanol–water partition coefficient (Wildman–Crippen LogP) is 2.32. The van der Waals surface area contributed by atoms with Crippen molar-refractivity contribution in [3.05, 3.63) is 29.8 Å². The van der Waals surface area contributed by atoms with Gasteiger partial charge in [0.2, 0.25) is 0 Å². The van der Waals surface area contributed by atoms with Gasteiger partial charge in [-0.15, -0.1) is 0 Å². The van der Waals surface area contributed by atoms with Crippen LogP contribution in [0.15, 0.2) is 24.3 Å². The quantitative estimate of drug-likeness (QED) is 0.903. The Labute approximate surface area is 125 Å². The largest absolute Gasteiger partial charge is 0.491 e. The summed E-state index contributed by atoms with van der Waals surface area (Å²) in [5.41, 5.74) is 1.15. The van der Waals surface area contributed by atoms with Gasteiger partial charge in [0.1, 0.15) is 5.75 Å². The fourth-order valence-corrected chi connectivity index (χ4v) is 2.48. The molecule has 116 valence electrons. The van der Waals surface area contributed by atoms with Gasteiger partial charge in [-0.05, 0) is 38.5 Å². The van der Waals surface area contributed by atoms with Crippen LogP contribution >= 0.6 is 0 Å². The van der Waals surface area contributed by atoms with Gasteiger partial charge in [0.05, 0.1) is 12.7 Å². The zero-order valence-corrected chi connectivity index (χ0v) is 12.8. The monoisotopic (exact) mass is 293 g/mol. The smallest absolute Gasteiger partial charge is 0.334 e. The molecule has 1 heterocycles. The third-order valence-corrected chi connectivity index (χ3v) is 3.66. The molecule has 0 aromatic heterocycles. The molecule has 1 aromatic carbocycles. The van der Waals surface area contributed by atoms with Crippen LogP contribution in [0.1, 0.15) is 32.4 Å². The van der Waals surface area contributed by atoms with E-state index in [0.717, 1.165) is 17.9 Å². The van der Waals surface area contributed by atoms with E-state index in [0.29, 0.717) is 13.2 Å². The second-order valence-electron chi connectivity index (χ2n) is 5.60. The number of nitrogens with zero attached hydrogens (tertiary/aromatic N) is 1. The van der Waals surface area contributed by atoms with Gasteiger partial charge in [-0.2, -0.15) is 0 Å². The van der Waals surface area contributed by atoms with Crippen molar-refractivity contribution < 1.29 is 19.4 Å². The van der Waals surface area contributed by atoms with Crippen molar-refractivity contribution in [3.63, 3.8) is 0 Å². The van der Waals surface area contributed by atoms with Crippen molar-refractivity contribution in [3.8, 4) is 5.75 Å². The molecule has 5 heteroatoms. The first-order valence-electron chi connectivity index (χ1n) is 7.32. The van der Waals surface area contributed by atoms with Crippen LogP contribution in [0.5, 0.6) is 5.75 Å². The van der Waals surface area contributed by atoms with Gasteiger partial charge < -0.3 is 14.6 Å². The summed E-state index contributed by atoms with van der Waals surface area (Å²) in [5.74, 6) is -0.0427. The topological polar surface area (TPSA) is 59.0 Å². The summed E-state index contributed by atoms with van der Waals surface area (Å²) >= 11 is 0. The summed E-state index contributed by atoms with van der Waals surface area (Å²) in [6, 6.07) is 8.15. The molecule has 1 aliphatic heterocycles. The van der Waals surface area contributed by atoms with Crippen molar-refractivity contribution in [1.29, 1.82) is 0 Å². The van der Waals surface area contributed by atoms with Gasteiger partial charge in [-0.25, -0.2) is 4.79 Å². The van der Waals surface area contributed by atoms with Crippen LogP contribution in [0.3, 0.4) is 0 Å². The first-order valence-corrected chi connectivity index (χ1v) is 7.32. The molecule has 2 unspecified atom stereocenters. The number of carbonyl (C=O) groups is 1. The number of morpholine rings is 1. The summed E-state index contributed by atoms with van der Waals surface area (Å²) in [4.78, 5) is 13.2. The maximum absolute atomic E-state index is 11.0. The van der Waals surface area contributed by atoms with Gasteiger partial charge >= 0.3 is 5.97 Å². The van der Waals surface area contributed by atoms with Crippen LogP contribution in [0.2, 0.25) is 0 Å². The minimum atomic E-state index is -0.896. The van der Waals surface area contributed by atoms with E-state index in [2.05, 4.69) is 11.8 Å². The van der Waals surface area contributed by atoms with Crippen molar-refractivity contribution >= 4 is 5.97 Å². The van der Waals surface area contributed by atoms with E-state index in [1.54, 1.807) is 0 Å². The summed E-state index contributed by atoms with van der Waals surface area (Å²) in [5, 5.41) is 9.06. The lowest BCUT2D eigenvalue weighted by Gasteiger charge is -2.35. The molecule has 0 amide bonds. The standard InChI is InChI=1S/C16H23NO4/c1-11(2)21-14-6-4-13(5-7-14)12(3)17-8-9-20-15(10-17)16(18)19/h4-7,11-12,15H,8-10H2,1-3H3,(H,18,19). The zero-order chi connectivity index (χ0) is 15.4. The van der Waals surface area contributed by atoms with Gasteiger partial charge in [-0.3, -0.25) is 4.90 Å². The second-order valence-corrected chi connectivity index (χ2v) is 5.60. The number of carboxylic acid groups (broad SMARTS) is 1. The Kier molecular flexibility index (Phi) is 5.20. The molecule has 1 saturated heterocycles. The number of ether oxygens (including phenoxy) is 2. The van der Waals surface area contributed by atoms with E-state index in [4.69, 9.17) is 14.6 Å². The minimum absolute atomic E-state index is 0.156. The molecule has 0 bridgehead atoms. The van der Waals surface area contributed by atoms with Crippen LogP contribution in [0, 0.1) is 0 Å². The molecule has 0 spiro atoms. The number of hydrogen-bond donors (Lipinski definition) is 1. The summed E-state index contributed by atoms with van der Waals surface area (Å²) in [6.07, 6.45) is -0.575. The molecular weight excluding hydrogens is 270 g/mol. The van der Waals surface area contributed by atoms with Crippen molar-refractivity contribution in [1.82, 2.24) is 4.90 Å². The second kappa shape index (κ2) is 6.91. The summed E-state index contributed by atoms with van der Waals surface area (Å²) < 4.78 is 10.9. The lowest BCUT2D eigenvalue weighted by molar-refractivity contribution is -0.157. The molecule has 1 aromatic rings. The Bertz CT molecular complexity index is 472. The fraction of sp³-hybridized carbons (Fsp3) is 0.562. The third-order valence-electron chi connectivity index (χ3n) is 3.66. The van der Waals surface area contributed by atoms with E-state index in [9.17, 15) is 4.79 Å². The van der Waals surface area contributed by atoms with Crippen LogP contribution in [0.4, 0.5) is 0 Å².